The zero-order chi connectivity index (χ0) is 19.1. The van der Waals surface area contributed by atoms with Gasteiger partial charge >= 0.3 is 0 Å². The van der Waals surface area contributed by atoms with Gasteiger partial charge in [0.1, 0.15) is 5.69 Å². The molecule has 0 bridgehead atoms. The molecule has 0 aliphatic heterocycles. The van der Waals surface area contributed by atoms with Gasteiger partial charge in [-0.2, -0.15) is 0 Å². The standard InChI is InChI=1S/C21H30N4O/c1-6-24(7-2)19-15-14-18(20(23-19)25(8-3)9-4)22-21(26)17-12-10-16(5)11-13-17/h10-15H,6-9H2,1-5H3,(H,22,26)/p+1. The predicted octanol–water partition coefficient (Wildman–Crippen LogP) is 3.75. The van der Waals surface area contributed by atoms with Crippen molar-refractivity contribution >= 4 is 23.2 Å². The van der Waals surface area contributed by atoms with Crippen LogP contribution in [0.5, 0.6) is 0 Å². The Morgan fingerprint density at radius 2 is 1.46 bits per heavy atom. The van der Waals surface area contributed by atoms with Gasteiger partial charge in [0.15, 0.2) is 0 Å². The quantitative estimate of drug-likeness (QED) is 0.784. The van der Waals surface area contributed by atoms with E-state index in [1.807, 2.05) is 43.3 Å². The van der Waals surface area contributed by atoms with E-state index < -0.39 is 0 Å². The van der Waals surface area contributed by atoms with Gasteiger partial charge < -0.3 is 5.32 Å². The first kappa shape index (κ1) is 19.8. The Balaban J connectivity index is 2.36. The van der Waals surface area contributed by atoms with Crippen LogP contribution in [0.3, 0.4) is 0 Å². The van der Waals surface area contributed by atoms with Crippen LogP contribution < -0.4 is 20.1 Å². The number of carbonyl (C=O) groups excluding carboxylic acids is 1. The van der Waals surface area contributed by atoms with Crippen LogP contribution in [0.4, 0.5) is 17.3 Å². The maximum Gasteiger partial charge on any atom is 0.255 e. The van der Waals surface area contributed by atoms with E-state index in [0.29, 0.717) is 5.56 Å². The van der Waals surface area contributed by atoms with Crippen LogP contribution in [0.15, 0.2) is 36.4 Å². The number of aromatic amines is 1. The highest BCUT2D eigenvalue weighted by molar-refractivity contribution is 6.05. The number of aryl methyl sites for hydroxylation is 1. The maximum atomic E-state index is 12.7. The van der Waals surface area contributed by atoms with Crippen molar-refractivity contribution < 1.29 is 9.78 Å². The molecule has 0 aliphatic rings. The van der Waals surface area contributed by atoms with Crippen molar-refractivity contribution in [3.8, 4) is 0 Å². The summed E-state index contributed by atoms with van der Waals surface area (Å²) in [5.74, 6) is 1.91. The number of pyridine rings is 1. The second kappa shape index (κ2) is 9.22. The Bertz CT molecular complexity index is 719. The average molecular weight is 356 g/mol. The fourth-order valence-electron chi connectivity index (χ4n) is 3.01. The van der Waals surface area contributed by atoms with Gasteiger partial charge in [0.05, 0.1) is 26.2 Å². The average Bonchev–Trinajstić information content (AvgIpc) is 2.66. The Morgan fingerprint density at radius 3 is 2.00 bits per heavy atom. The van der Waals surface area contributed by atoms with Gasteiger partial charge in [0.2, 0.25) is 11.6 Å². The van der Waals surface area contributed by atoms with Gasteiger partial charge in [0.25, 0.3) is 5.91 Å². The monoisotopic (exact) mass is 355 g/mol. The minimum atomic E-state index is -0.0950. The molecule has 140 valence electrons. The largest absolute Gasteiger partial charge is 0.316 e. The van der Waals surface area contributed by atoms with Crippen molar-refractivity contribution in [3.63, 3.8) is 0 Å². The van der Waals surface area contributed by atoms with E-state index in [4.69, 9.17) is 0 Å². The molecule has 5 heteroatoms. The van der Waals surface area contributed by atoms with E-state index in [0.717, 1.165) is 49.1 Å². The summed E-state index contributed by atoms with van der Waals surface area (Å²) in [5.41, 5.74) is 2.60. The number of hydrogen-bond acceptors (Lipinski definition) is 3. The first-order valence-corrected chi connectivity index (χ1v) is 9.48. The van der Waals surface area contributed by atoms with Gasteiger partial charge in [-0.3, -0.25) is 14.6 Å². The Kier molecular flexibility index (Phi) is 7.01. The molecule has 0 spiro atoms. The number of anilines is 3. The smallest absolute Gasteiger partial charge is 0.255 e. The highest BCUT2D eigenvalue weighted by Crippen LogP contribution is 2.24. The predicted molar refractivity (Wildman–Crippen MR) is 109 cm³/mol. The molecule has 0 unspecified atom stereocenters. The third-order valence-electron chi connectivity index (χ3n) is 4.66. The van der Waals surface area contributed by atoms with E-state index in [1.165, 1.54) is 0 Å². The maximum absolute atomic E-state index is 12.7. The lowest BCUT2D eigenvalue weighted by Crippen LogP contribution is -2.35. The SMILES string of the molecule is CCN(CC)c1ccc(NC(=O)c2ccc(C)cc2)c(N(CC)CC)[nH+]1. The number of aromatic nitrogens is 1. The third kappa shape index (κ3) is 4.54. The highest BCUT2D eigenvalue weighted by Gasteiger charge is 2.20. The van der Waals surface area contributed by atoms with E-state index in [2.05, 4.69) is 47.8 Å². The minimum Gasteiger partial charge on any atom is -0.316 e. The zero-order valence-corrected chi connectivity index (χ0v) is 16.6. The molecule has 26 heavy (non-hydrogen) atoms. The molecular weight excluding hydrogens is 324 g/mol. The molecular formula is C21H31N4O+. The van der Waals surface area contributed by atoms with E-state index in [9.17, 15) is 4.79 Å². The molecule has 5 nitrogen and oxygen atoms in total. The Labute approximate surface area is 157 Å². The molecule has 2 N–H and O–H groups in total. The van der Waals surface area contributed by atoms with E-state index in [-0.39, 0.29) is 5.91 Å². The van der Waals surface area contributed by atoms with Crippen LogP contribution in [-0.4, -0.2) is 32.1 Å². The number of amides is 1. The third-order valence-corrected chi connectivity index (χ3v) is 4.66. The Morgan fingerprint density at radius 1 is 0.885 bits per heavy atom. The molecule has 0 saturated carbocycles. The van der Waals surface area contributed by atoms with Gasteiger partial charge in [-0.25, -0.2) is 4.98 Å². The number of nitrogens with one attached hydrogen (secondary N) is 2. The van der Waals surface area contributed by atoms with Crippen molar-refractivity contribution in [2.24, 2.45) is 0 Å². The van der Waals surface area contributed by atoms with E-state index in [1.54, 1.807) is 0 Å². The van der Waals surface area contributed by atoms with Crippen molar-refractivity contribution in [2.45, 2.75) is 34.6 Å². The molecule has 1 aromatic carbocycles. The summed E-state index contributed by atoms with van der Waals surface area (Å²) in [6.07, 6.45) is 0. The van der Waals surface area contributed by atoms with Gasteiger partial charge in [0, 0.05) is 11.6 Å². The van der Waals surface area contributed by atoms with Crippen LogP contribution >= 0.6 is 0 Å². The summed E-state index contributed by atoms with van der Waals surface area (Å²) in [6.45, 7) is 14.1. The summed E-state index contributed by atoms with van der Waals surface area (Å²) in [4.78, 5) is 20.7. The van der Waals surface area contributed by atoms with Crippen LogP contribution in [0.2, 0.25) is 0 Å². The second-order valence-corrected chi connectivity index (χ2v) is 6.27. The molecule has 0 aliphatic carbocycles. The number of hydrogen-bond donors (Lipinski definition) is 1. The van der Waals surface area contributed by atoms with Crippen LogP contribution in [0.1, 0.15) is 43.6 Å². The van der Waals surface area contributed by atoms with Crippen molar-refractivity contribution in [1.29, 1.82) is 0 Å². The lowest BCUT2D eigenvalue weighted by molar-refractivity contribution is -0.349. The van der Waals surface area contributed by atoms with Crippen LogP contribution in [0.25, 0.3) is 0 Å². The highest BCUT2D eigenvalue weighted by atomic mass is 16.1. The first-order valence-electron chi connectivity index (χ1n) is 9.48. The molecule has 0 fully saturated rings. The lowest BCUT2D eigenvalue weighted by atomic mass is 10.1. The molecule has 0 radical (unpaired) electrons. The number of nitrogens with zero attached hydrogens (tertiary/aromatic N) is 2. The number of rotatable bonds is 8. The number of H-pyrrole nitrogens is 1. The van der Waals surface area contributed by atoms with Gasteiger partial charge in [-0.15, -0.1) is 0 Å². The number of carbonyl (C=O) groups is 1. The summed E-state index contributed by atoms with van der Waals surface area (Å²) in [7, 11) is 0. The summed E-state index contributed by atoms with van der Waals surface area (Å²) in [5, 5.41) is 3.07. The summed E-state index contributed by atoms with van der Waals surface area (Å²) >= 11 is 0. The molecule has 0 atom stereocenters. The number of benzene rings is 1. The minimum absolute atomic E-state index is 0.0950. The van der Waals surface area contributed by atoms with Gasteiger partial charge in [-0.1, -0.05) is 17.7 Å². The fraction of sp³-hybridized carbons (Fsp3) is 0.429. The van der Waals surface area contributed by atoms with Crippen molar-refractivity contribution in [1.82, 2.24) is 0 Å². The molecule has 1 amide bonds. The lowest BCUT2D eigenvalue weighted by Gasteiger charge is -2.22. The van der Waals surface area contributed by atoms with E-state index >= 15 is 0 Å². The molecule has 1 aromatic heterocycles. The van der Waals surface area contributed by atoms with Crippen LogP contribution in [0, 0.1) is 6.92 Å². The molecule has 2 aromatic rings. The molecule has 1 heterocycles. The zero-order valence-electron chi connectivity index (χ0n) is 16.6. The Hall–Kier alpha value is -2.56. The molecule has 2 rings (SSSR count). The molecule has 0 saturated heterocycles. The topological polar surface area (TPSA) is 49.7 Å². The van der Waals surface area contributed by atoms with Gasteiger partial charge in [-0.05, 0) is 52.8 Å². The first-order chi connectivity index (χ1) is 12.5. The normalized spacial score (nSPS) is 10.5. The van der Waals surface area contributed by atoms with Crippen molar-refractivity contribution in [3.05, 3.63) is 47.5 Å². The summed E-state index contributed by atoms with van der Waals surface area (Å²) in [6, 6.07) is 11.6. The second-order valence-electron chi connectivity index (χ2n) is 6.27. The fourth-order valence-corrected chi connectivity index (χ4v) is 3.01. The summed E-state index contributed by atoms with van der Waals surface area (Å²) < 4.78 is 0. The van der Waals surface area contributed by atoms with Crippen LogP contribution in [-0.2, 0) is 0 Å². The van der Waals surface area contributed by atoms with Crippen molar-refractivity contribution in [2.75, 3.05) is 41.3 Å².